The molecule has 0 radical (unpaired) electrons. The van der Waals surface area contributed by atoms with E-state index in [-0.39, 0.29) is 0 Å². The highest BCUT2D eigenvalue weighted by atomic mass is 32.1. The number of aliphatic hydroxyl groups is 1. The highest BCUT2D eigenvalue weighted by Gasteiger charge is 2.15. The van der Waals surface area contributed by atoms with Crippen LogP contribution >= 0.6 is 11.3 Å². The molecule has 0 bridgehead atoms. The average Bonchev–Trinajstić information content (AvgIpc) is 2.72. The van der Waals surface area contributed by atoms with Gasteiger partial charge in [0.25, 0.3) is 0 Å². The lowest BCUT2D eigenvalue weighted by Crippen LogP contribution is -2.02. The van der Waals surface area contributed by atoms with Crippen molar-refractivity contribution in [3.8, 4) is 0 Å². The Labute approximate surface area is 78.5 Å². The Kier molecular flexibility index (Phi) is 2.07. The summed E-state index contributed by atoms with van der Waals surface area (Å²) in [6, 6.07) is 0. The van der Waals surface area contributed by atoms with Crippen LogP contribution in [0.2, 0.25) is 0 Å². The van der Waals surface area contributed by atoms with Crippen molar-refractivity contribution in [2.75, 3.05) is 0 Å². The van der Waals surface area contributed by atoms with Gasteiger partial charge in [-0.3, -0.25) is 5.10 Å². The Morgan fingerprint density at radius 3 is 3.00 bits per heavy atom. The highest BCUT2D eigenvalue weighted by Crippen LogP contribution is 2.19. The molecule has 2 aromatic rings. The number of hydrogen-bond donors (Lipinski definition) is 2. The molecule has 0 saturated heterocycles. The number of H-pyrrole nitrogens is 1. The Balaban J connectivity index is 2.28. The zero-order chi connectivity index (χ0) is 9.26. The van der Waals surface area contributed by atoms with Crippen LogP contribution in [0.4, 0.5) is 0 Å². The van der Waals surface area contributed by atoms with Crippen LogP contribution in [0.25, 0.3) is 0 Å². The molecule has 2 N–H and O–H groups in total. The molecular weight excluding hydrogens is 188 g/mol. The first-order valence-corrected chi connectivity index (χ1v) is 4.60. The predicted octanol–water partition coefficient (Wildman–Crippen LogP) is 0.651. The van der Waals surface area contributed by atoms with Crippen LogP contribution in [-0.2, 0) is 0 Å². The molecule has 13 heavy (non-hydrogen) atoms. The maximum Gasteiger partial charge on any atom is 0.159 e. The van der Waals surface area contributed by atoms with E-state index in [0.29, 0.717) is 11.5 Å². The van der Waals surface area contributed by atoms with Gasteiger partial charge in [-0.25, -0.2) is 9.97 Å². The first-order chi connectivity index (χ1) is 6.27. The zero-order valence-electron chi connectivity index (χ0n) is 6.93. The standard InChI is InChI=1S/C7H8N4OS/c1-4-10-5(2-13-4)6(12)7-8-3-9-11-7/h2-3,6,12H,1H3,(H,8,9,11). The number of aromatic nitrogens is 4. The number of rotatable bonds is 2. The molecule has 0 aliphatic rings. The number of hydrogen-bond acceptors (Lipinski definition) is 5. The normalized spacial score (nSPS) is 13.1. The van der Waals surface area contributed by atoms with Crippen molar-refractivity contribution in [3.63, 3.8) is 0 Å². The van der Waals surface area contributed by atoms with Crippen LogP contribution in [0.15, 0.2) is 11.7 Å². The second kappa shape index (κ2) is 3.23. The van der Waals surface area contributed by atoms with Gasteiger partial charge in [0.15, 0.2) is 11.9 Å². The van der Waals surface area contributed by atoms with Gasteiger partial charge in [-0.15, -0.1) is 11.3 Å². The van der Waals surface area contributed by atoms with Crippen molar-refractivity contribution >= 4 is 11.3 Å². The third kappa shape index (κ3) is 1.58. The molecule has 2 aromatic heterocycles. The van der Waals surface area contributed by atoms with Crippen LogP contribution in [0.5, 0.6) is 0 Å². The molecule has 2 heterocycles. The minimum absolute atomic E-state index is 0.422. The number of nitrogens with one attached hydrogen (secondary N) is 1. The fourth-order valence-corrected chi connectivity index (χ4v) is 1.62. The third-order valence-corrected chi connectivity index (χ3v) is 2.40. The monoisotopic (exact) mass is 196 g/mol. The van der Waals surface area contributed by atoms with Crippen LogP contribution in [0.3, 0.4) is 0 Å². The Morgan fingerprint density at radius 2 is 2.46 bits per heavy atom. The first-order valence-electron chi connectivity index (χ1n) is 3.72. The summed E-state index contributed by atoms with van der Waals surface area (Å²) in [5, 5.41) is 18.7. The SMILES string of the molecule is Cc1nc(C(O)c2ncn[nH]2)cs1. The zero-order valence-corrected chi connectivity index (χ0v) is 7.75. The maximum absolute atomic E-state index is 9.70. The molecule has 0 saturated carbocycles. The summed E-state index contributed by atoms with van der Waals surface area (Å²) >= 11 is 1.50. The van der Waals surface area contributed by atoms with Crippen molar-refractivity contribution in [2.45, 2.75) is 13.0 Å². The van der Waals surface area contributed by atoms with Gasteiger partial charge in [0.1, 0.15) is 6.33 Å². The fourth-order valence-electron chi connectivity index (χ4n) is 0.993. The van der Waals surface area contributed by atoms with E-state index >= 15 is 0 Å². The van der Waals surface area contributed by atoms with Crippen molar-refractivity contribution in [1.29, 1.82) is 0 Å². The summed E-state index contributed by atoms with van der Waals surface area (Å²) < 4.78 is 0. The molecule has 5 nitrogen and oxygen atoms in total. The van der Waals surface area contributed by atoms with Crippen molar-refractivity contribution in [3.05, 3.63) is 28.2 Å². The molecule has 1 unspecified atom stereocenters. The van der Waals surface area contributed by atoms with Crippen LogP contribution < -0.4 is 0 Å². The minimum Gasteiger partial charge on any atom is -0.379 e. The lowest BCUT2D eigenvalue weighted by atomic mass is 10.3. The van der Waals surface area contributed by atoms with E-state index in [1.54, 1.807) is 0 Å². The molecule has 0 spiro atoms. The highest BCUT2D eigenvalue weighted by molar-refractivity contribution is 7.09. The second-order valence-electron chi connectivity index (χ2n) is 2.56. The van der Waals surface area contributed by atoms with Gasteiger partial charge in [0, 0.05) is 5.38 Å². The summed E-state index contributed by atoms with van der Waals surface area (Å²) in [6.07, 6.45) is 0.560. The topological polar surface area (TPSA) is 74.7 Å². The van der Waals surface area contributed by atoms with Gasteiger partial charge in [0.2, 0.25) is 0 Å². The Morgan fingerprint density at radius 1 is 1.62 bits per heavy atom. The van der Waals surface area contributed by atoms with E-state index < -0.39 is 6.10 Å². The largest absolute Gasteiger partial charge is 0.379 e. The number of aryl methyl sites for hydroxylation is 1. The molecule has 0 aliphatic carbocycles. The van der Waals surface area contributed by atoms with Gasteiger partial charge >= 0.3 is 0 Å². The molecule has 6 heteroatoms. The lowest BCUT2D eigenvalue weighted by molar-refractivity contribution is 0.206. The van der Waals surface area contributed by atoms with Gasteiger partial charge < -0.3 is 5.11 Å². The number of thiazole rings is 1. The Bertz CT molecular complexity index is 383. The lowest BCUT2D eigenvalue weighted by Gasteiger charge is -2.01. The van der Waals surface area contributed by atoms with Crippen LogP contribution in [0, 0.1) is 6.92 Å². The summed E-state index contributed by atoms with van der Waals surface area (Å²) in [4.78, 5) is 8.00. The predicted molar refractivity (Wildman–Crippen MR) is 47.3 cm³/mol. The van der Waals surface area contributed by atoms with E-state index in [1.807, 2.05) is 12.3 Å². The molecule has 0 fully saturated rings. The van der Waals surface area contributed by atoms with Crippen molar-refractivity contribution in [2.24, 2.45) is 0 Å². The quantitative estimate of drug-likeness (QED) is 0.739. The van der Waals surface area contributed by atoms with E-state index in [9.17, 15) is 5.11 Å². The smallest absolute Gasteiger partial charge is 0.159 e. The van der Waals surface area contributed by atoms with E-state index in [2.05, 4.69) is 20.2 Å². The van der Waals surface area contributed by atoms with Crippen LogP contribution in [-0.4, -0.2) is 25.3 Å². The van der Waals surface area contributed by atoms with Crippen molar-refractivity contribution < 1.29 is 5.11 Å². The Hall–Kier alpha value is -1.27. The third-order valence-electron chi connectivity index (χ3n) is 1.61. The minimum atomic E-state index is -0.799. The number of nitrogens with zero attached hydrogens (tertiary/aromatic N) is 3. The molecule has 2 rings (SSSR count). The summed E-state index contributed by atoms with van der Waals surface area (Å²) in [6.45, 7) is 1.89. The molecular formula is C7H8N4OS. The van der Waals surface area contributed by atoms with Crippen molar-refractivity contribution in [1.82, 2.24) is 20.2 Å². The number of aromatic amines is 1. The fraction of sp³-hybridized carbons (Fsp3) is 0.286. The maximum atomic E-state index is 9.70. The van der Waals surface area contributed by atoms with Gasteiger partial charge in [-0.1, -0.05) is 0 Å². The molecule has 0 aromatic carbocycles. The summed E-state index contributed by atoms with van der Waals surface area (Å²) in [7, 11) is 0. The molecule has 0 aliphatic heterocycles. The molecule has 1 atom stereocenters. The van der Waals surface area contributed by atoms with Gasteiger partial charge in [-0.05, 0) is 6.92 Å². The van der Waals surface area contributed by atoms with E-state index in [0.717, 1.165) is 5.01 Å². The molecule has 0 amide bonds. The second-order valence-corrected chi connectivity index (χ2v) is 3.63. The first kappa shape index (κ1) is 8.33. The average molecular weight is 196 g/mol. The molecule has 68 valence electrons. The summed E-state index contributed by atoms with van der Waals surface area (Å²) in [5.41, 5.74) is 0.610. The van der Waals surface area contributed by atoms with Crippen LogP contribution in [0.1, 0.15) is 22.6 Å². The summed E-state index contributed by atoms with van der Waals surface area (Å²) in [5.74, 6) is 0.422. The van der Waals surface area contributed by atoms with E-state index in [1.165, 1.54) is 17.7 Å². The van der Waals surface area contributed by atoms with Gasteiger partial charge in [0.05, 0.1) is 10.7 Å². The van der Waals surface area contributed by atoms with E-state index in [4.69, 9.17) is 0 Å². The van der Waals surface area contributed by atoms with Gasteiger partial charge in [-0.2, -0.15) is 5.10 Å². The number of aliphatic hydroxyl groups excluding tert-OH is 1.